The molecule has 0 aliphatic rings. The van der Waals surface area contributed by atoms with E-state index in [1.165, 1.54) is 12.1 Å². The van der Waals surface area contributed by atoms with Crippen LogP contribution in [0.5, 0.6) is 0 Å². The standard InChI is InChI=1S/C14H17FN4O/c1-9-7-10(16)8-12(13(9)15)14(20)17-5-3-11-4-6-18-19(11)2/h4,6-8H,3,5,16H2,1-2H3,(H,17,20). The average molecular weight is 276 g/mol. The summed E-state index contributed by atoms with van der Waals surface area (Å²) in [5.74, 6) is -0.989. The first kappa shape index (κ1) is 14.0. The summed E-state index contributed by atoms with van der Waals surface area (Å²) in [6.45, 7) is 1.99. The maximum absolute atomic E-state index is 13.9. The Labute approximate surface area is 116 Å². The Morgan fingerprint density at radius 1 is 1.50 bits per heavy atom. The zero-order valence-corrected chi connectivity index (χ0v) is 11.5. The second-order valence-corrected chi connectivity index (χ2v) is 4.65. The van der Waals surface area contributed by atoms with Gasteiger partial charge in [0.15, 0.2) is 0 Å². The molecule has 1 aromatic heterocycles. The molecule has 0 aliphatic heterocycles. The van der Waals surface area contributed by atoms with Crippen molar-refractivity contribution < 1.29 is 9.18 Å². The lowest BCUT2D eigenvalue weighted by atomic mass is 10.1. The van der Waals surface area contributed by atoms with E-state index in [0.717, 1.165) is 5.69 Å². The molecule has 0 bridgehead atoms. The summed E-state index contributed by atoms with van der Waals surface area (Å²) >= 11 is 0. The first-order valence-electron chi connectivity index (χ1n) is 6.29. The number of carbonyl (C=O) groups is 1. The van der Waals surface area contributed by atoms with E-state index in [1.807, 2.05) is 13.1 Å². The van der Waals surface area contributed by atoms with Crippen LogP contribution in [0.3, 0.4) is 0 Å². The minimum Gasteiger partial charge on any atom is -0.399 e. The van der Waals surface area contributed by atoms with Crippen LogP contribution in [-0.2, 0) is 13.5 Å². The molecule has 1 amide bonds. The first-order valence-corrected chi connectivity index (χ1v) is 6.29. The molecule has 6 heteroatoms. The molecule has 0 unspecified atom stereocenters. The van der Waals surface area contributed by atoms with Gasteiger partial charge < -0.3 is 11.1 Å². The van der Waals surface area contributed by atoms with Gasteiger partial charge in [0.05, 0.1) is 5.56 Å². The summed E-state index contributed by atoms with van der Waals surface area (Å²) in [6.07, 6.45) is 2.32. The summed E-state index contributed by atoms with van der Waals surface area (Å²) < 4.78 is 15.6. The van der Waals surface area contributed by atoms with Gasteiger partial charge in [0.25, 0.3) is 5.91 Å². The predicted octanol–water partition coefficient (Wildman–Crippen LogP) is 1.42. The maximum atomic E-state index is 13.9. The Hall–Kier alpha value is -2.37. The van der Waals surface area contributed by atoms with Crippen molar-refractivity contribution in [1.82, 2.24) is 15.1 Å². The van der Waals surface area contributed by atoms with Crippen LogP contribution in [0.4, 0.5) is 10.1 Å². The third-order valence-electron chi connectivity index (χ3n) is 3.11. The number of carbonyl (C=O) groups excluding carboxylic acids is 1. The van der Waals surface area contributed by atoms with E-state index in [9.17, 15) is 9.18 Å². The number of nitrogen functional groups attached to an aromatic ring is 1. The molecule has 0 spiro atoms. The highest BCUT2D eigenvalue weighted by Gasteiger charge is 2.14. The predicted molar refractivity (Wildman–Crippen MR) is 74.8 cm³/mol. The fraction of sp³-hybridized carbons (Fsp3) is 0.286. The molecular formula is C14H17FN4O. The molecule has 2 aromatic rings. The number of hydrogen-bond acceptors (Lipinski definition) is 3. The number of halogens is 1. The molecule has 3 N–H and O–H groups in total. The molecule has 0 saturated carbocycles. The Balaban J connectivity index is 2.01. The van der Waals surface area contributed by atoms with Crippen molar-refractivity contribution in [3.05, 3.63) is 47.0 Å². The van der Waals surface area contributed by atoms with Gasteiger partial charge >= 0.3 is 0 Å². The molecule has 0 saturated heterocycles. The number of anilines is 1. The Bertz CT molecular complexity index is 636. The smallest absolute Gasteiger partial charge is 0.254 e. The van der Waals surface area contributed by atoms with E-state index in [2.05, 4.69) is 10.4 Å². The number of nitrogens with one attached hydrogen (secondary N) is 1. The number of amides is 1. The lowest BCUT2D eigenvalue weighted by molar-refractivity contribution is 0.0950. The number of rotatable bonds is 4. The zero-order chi connectivity index (χ0) is 14.7. The average Bonchev–Trinajstić information content (AvgIpc) is 2.79. The van der Waals surface area contributed by atoms with Gasteiger partial charge in [-0.2, -0.15) is 5.10 Å². The second kappa shape index (κ2) is 5.73. The van der Waals surface area contributed by atoms with E-state index in [0.29, 0.717) is 24.2 Å². The van der Waals surface area contributed by atoms with Gasteiger partial charge in [-0.15, -0.1) is 0 Å². The fourth-order valence-electron chi connectivity index (χ4n) is 2.01. The highest BCUT2D eigenvalue weighted by molar-refractivity contribution is 5.95. The molecular weight excluding hydrogens is 259 g/mol. The van der Waals surface area contributed by atoms with Crippen LogP contribution in [0.25, 0.3) is 0 Å². The van der Waals surface area contributed by atoms with Crippen molar-refractivity contribution >= 4 is 11.6 Å². The molecule has 0 atom stereocenters. The summed E-state index contributed by atoms with van der Waals surface area (Å²) in [5, 5.41) is 6.72. The number of benzene rings is 1. The lowest BCUT2D eigenvalue weighted by Crippen LogP contribution is -2.27. The topological polar surface area (TPSA) is 72.9 Å². The maximum Gasteiger partial charge on any atom is 0.254 e. The minimum absolute atomic E-state index is 0.0208. The number of nitrogens with two attached hydrogens (primary N) is 1. The lowest BCUT2D eigenvalue weighted by Gasteiger charge is -2.09. The van der Waals surface area contributed by atoms with Crippen molar-refractivity contribution in [1.29, 1.82) is 0 Å². The number of nitrogens with zero attached hydrogens (tertiary/aromatic N) is 2. The summed E-state index contributed by atoms with van der Waals surface area (Å²) in [6, 6.07) is 4.72. The molecule has 5 nitrogen and oxygen atoms in total. The molecule has 106 valence electrons. The van der Waals surface area contributed by atoms with Crippen LogP contribution in [0.2, 0.25) is 0 Å². The molecule has 0 fully saturated rings. The van der Waals surface area contributed by atoms with Crippen LogP contribution >= 0.6 is 0 Å². The van der Waals surface area contributed by atoms with Crippen LogP contribution in [0.1, 0.15) is 21.6 Å². The second-order valence-electron chi connectivity index (χ2n) is 4.65. The molecule has 1 heterocycles. The highest BCUT2D eigenvalue weighted by atomic mass is 19.1. The Morgan fingerprint density at radius 3 is 2.90 bits per heavy atom. The largest absolute Gasteiger partial charge is 0.399 e. The van der Waals surface area contributed by atoms with Crippen molar-refractivity contribution in [3.8, 4) is 0 Å². The molecule has 0 radical (unpaired) electrons. The SMILES string of the molecule is Cc1cc(N)cc(C(=O)NCCc2ccnn2C)c1F. The number of aryl methyl sites for hydroxylation is 2. The monoisotopic (exact) mass is 276 g/mol. The number of aromatic nitrogens is 2. The van der Waals surface area contributed by atoms with Gasteiger partial charge in [-0.05, 0) is 30.7 Å². The molecule has 0 aliphatic carbocycles. The third kappa shape index (κ3) is 2.96. The van der Waals surface area contributed by atoms with Crippen LogP contribution < -0.4 is 11.1 Å². The van der Waals surface area contributed by atoms with Crippen LogP contribution in [0, 0.1) is 12.7 Å². The quantitative estimate of drug-likeness (QED) is 0.830. The van der Waals surface area contributed by atoms with Crippen molar-refractivity contribution in [3.63, 3.8) is 0 Å². The van der Waals surface area contributed by atoms with E-state index in [4.69, 9.17) is 5.73 Å². The third-order valence-corrected chi connectivity index (χ3v) is 3.11. The first-order chi connectivity index (χ1) is 9.49. The summed E-state index contributed by atoms with van der Waals surface area (Å²) in [7, 11) is 1.83. The van der Waals surface area contributed by atoms with Crippen molar-refractivity contribution in [2.24, 2.45) is 7.05 Å². The van der Waals surface area contributed by atoms with Gasteiger partial charge in [-0.1, -0.05) is 0 Å². The minimum atomic E-state index is -0.530. The van der Waals surface area contributed by atoms with Gasteiger partial charge in [-0.3, -0.25) is 9.48 Å². The summed E-state index contributed by atoms with van der Waals surface area (Å²) in [4.78, 5) is 12.0. The molecule has 20 heavy (non-hydrogen) atoms. The number of hydrogen-bond donors (Lipinski definition) is 2. The Kier molecular flexibility index (Phi) is 4.02. The molecule has 1 aromatic carbocycles. The highest BCUT2D eigenvalue weighted by Crippen LogP contribution is 2.16. The summed E-state index contributed by atoms with van der Waals surface area (Å²) in [5.41, 5.74) is 7.35. The van der Waals surface area contributed by atoms with Crippen LogP contribution in [0.15, 0.2) is 24.4 Å². The fourth-order valence-corrected chi connectivity index (χ4v) is 2.01. The van der Waals surface area contributed by atoms with E-state index < -0.39 is 11.7 Å². The zero-order valence-electron chi connectivity index (χ0n) is 11.5. The van der Waals surface area contributed by atoms with Gasteiger partial charge in [0.2, 0.25) is 0 Å². The van der Waals surface area contributed by atoms with Crippen LogP contribution in [-0.4, -0.2) is 22.2 Å². The van der Waals surface area contributed by atoms with Crippen molar-refractivity contribution in [2.45, 2.75) is 13.3 Å². The van der Waals surface area contributed by atoms with E-state index in [-0.39, 0.29) is 5.56 Å². The normalized spacial score (nSPS) is 10.6. The van der Waals surface area contributed by atoms with Gasteiger partial charge in [0, 0.05) is 37.6 Å². The van der Waals surface area contributed by atoms with Gasteiger partial charge in [-0.25, -0.2) is 4.39 Å². The Morgan fingerprint density at radius 2 is 2.25 bits per heavy atom. The van der Waals surface area contributed by atoms with Gasteiger partial charge in [0.1, 0.15) is 5.82 Å². The molecule has 2 rings (SSSR count). The van der Waals surface area contributed by atoms with Crippen molar-refractivity contribution in [2.75, 3.05) is 12.3 Å². The van der Waals surface area contributed by atoms with E-state index in [1.54, 1.807) is 17.8 Å². The van der Waals surface area contributed by atoms with E-state index >= 15 is 0 Å².